The zero-order valence-electron chi connectivity index (χ0n) is 24.5. The Morgan fingerprint density at radius 1 is 1.14 bits per heavy atom. The SMILES string of the molecule is CCOc1cc2c(cc1NC(=O)CCCN1CCCC1)C(Nc1ccc(OCC3CCCCN3)c(Cl)c1)C(C#N)CN2. The number of piperidine rings is 1. The van der Waals surface area contributed by atoms with Gasteiger partial charge in [-0.05, 0) is 89.5 Å². The van der Waals surface area contributed by atoms with E-state index in [0.717, 1.165) is 56.0 Å². The summed E-state index contributed by atoms with van der Waals surface area (Å²) in [6, 6.07) is 12.0. The Kier molecular flexibility index (Phi) is 10.7. The summed E-state index contributed by atoms with van der Waals surface area (Å²) < 4.78 is 11.9. The molecule has 3 heterocycles. The summed E-state index contributed by atoms with van der Waals surface area (Å²) in [5.41, 5.74) is 3.18. The highest BCUT2D eigenvalue weighted by Gasteiger charge is 2.31. The molecule has 2 aromatic carbocycles. The van der Waals surface area contributed by atoms with Gasteiger partial charge in [0.25, 0.3) is 0 Å². The predicted octanol–water partition coefficient (Wildman–Crippen LogP) is 5.79. The highest BCUT2D eigenvalue weighted by molar-refractivity contribution is 6.32. The number of ether oxygens (including phenoxy) is 2. The smallest absolute Gasteiger partial charge is 0.224 e. The standard InChI is InChI=1S/C32H43ClN6O3/c1-2-41-30-18-27-25(17-28(30)38-31(40)9-7-15-39-13-5-6-14-39)32(22(19-34)20-36-27)37-23-10-11-29(26(33)16-23)42-21-24-8-3-4-12-35-24/h10-11,16-18,22,24,32,35-37H,2-9,12-15,20-21H2,1H3,(H,38,40). The number of hydrogen-bond acceptors (Lipinski definition) is 8. The molecule has 3 unspecified atom stereocenters. The van der Waals surface area contributed by atoms with Gasteiger partial charge in [-0.2, -0.15) is 5.26 Å². The van der Waals surface area contributed by atoms with Gasteiger partial charge in [-0.1, -0.05) is 18.0 Å². The molecule has 5 rings (SSSR count). The maximum atomic E-state index is 12.9. The predicted molar refractivity (Wildman–Crippen MR) is 168 cm³/mol. The molecule has 2 saturated heterocycles. The van der Waals surface area contributed by atoms with Gasteiger partial charge in [0.05, 0.1) is 35.3 Å². The van der Waals surface area contributed by atoms with E-state index in [9.17, 15) is 10.1 Å². The van der Waals surface area contributed by atoms with Crippen LogP contribution in [0.25, 0.3) is 0 Å². The first-order valence-electron chi connectivity index (χ1n) is 15.4. The van der Waals surface area contributed by atoms with Crippen molar-refractivity contribution in [3.63, 3.8) is 0 Å². The maximum absolute atomic E-state index is 12.9. The number of benzene rings is 2. The van der Waals surface area contributed by atoms with Crippen molar-refractivity contribution in [1.82, 2.24) is 10.2 Å². The second kappa shape index (κ2) is 14.8. The van der Waals surface area contributed by atoms with Crippen LogP contribution in [0.15, 0.2) is 30.3 Å². The second-order valence-electron chi connectivity index (χ2n) is 11.4. The summed E-state index contributed by atoms with van der Waals surface area (Å²) in [6.07, 6.45) is 7.28. The lowest BCUT2D eigenvalue weighted by Crippen LogP contribution is -2.38. The van der Waals surface area contributed by atoms with Gasteiger partial charge in [0.2, 0.25) is 5.91 Å². The molecule has 2 aromatic rings. The highest BCUT2D eigenvalue weighted by Crippen LogP contribution is 2.42. The molecular weight excluding hydrogens is 552 g/mol. The molecule has 0 saturated carbocycles. The Morgan fingerprint density at radius 2 is 2.00 bits per heavy atom. The number of anilines is 3. The summed E-state index contributed by atoms with van der Waals surface area (Å²) >= 11 is 6.63. The molecule has 4 N–H and O–H groups in total. The van der Waals surface area contributed by atoms with Crippen molar-refractivity contribution in [1.29, 1.82) is 5.26 Å². The van der Waals surface area contributed by atoms with Crippen LogP contribution >= 0.6 is 11.6 Å². The van der Waals surface area contributed by atoms with E-state index in [2.05, 4.69) is 32.2 Å². The maximum Gasteiger partial charge on any atom is 0.224 e. The lowest BCUT2D eigenvalue weighted by molar-refractivity contribution is -0.116. The number of halogens is 1. The van der Waals surface area contributed by atoms with Crippen LogP contribution in [-0.2, 0) is 4.79 Å². The molecule has 3 atom stereocenters. The number of nitrogens with zero attached hydrogens (tertiary/aromatic N) is 2. The van der Waals surface area contributed by atoms with E-state index < -0.39 is 0 Å². The van der Waals surface area contributed by atoms with Crippen molar-refractivity contribution in [2.75, 3.05) is 61.9 Å². The Balaban J connectivity index is 1.29. The highest BCUT2D eigenvalue weighted by atomic mass is 35.5. The topological polar surface area (TPSA) is 111 Å². The van der Waals surface area contributed by atoms with Gasteiger partial charge in [-0.25, -0.2) is 0 Å². The number of amides is 1. The van der Waals surface area contributed by atoms with Crippen LogP contribution in [0.4, 0.5) is 17.1 Å². The molecule has 0 radical (unpaired) electrons. The van der Waals surface area contributed by atoms with Gasteiger partial charge in [-0.3, -0.25) is 4.79 Å². The Bertz CT molecular complexity index is 1260. The number of fused-ring (bicyclic) bond motifs is 1. The fraction of sp³-hybridized carbons (Fsp3) is 0.562. The quantitative estimate of drug-likeness (QED) is 0.244. The monoisotopic (exact) mass is 594 g/mol. The Morgan fingerprint density at radius 3 is 2.74 bits per heavy atom. The van der Waals surface area contributed by atoms with E-state index in [0.29, 0.717) is 54.4 Å². The summed E-state index contributed by atoms with van der Waals surface area (Å²) in [6.45, 7) is 7.69. The van der Waals surface area contributed by atoms with E-state index in [1.807, 2.05) is 37.3 Å². The van der Waals surface area contributed by atoms with E-state index in [-0.39, 0.29) is 17.9 Å². The van der Waals surface area contributed by atoms with Gasteiger partial charge >= 0.3 is 0 Å². The van der Waals surface area contributed by atoms with Gasteiger partial charge in [-0.15, -0.1) is 0 Å². The van der Waals surface area contributed by atoms with Gasteiger partial charge in [0.15, 0.2) is 0 Å². The van der Waals surface area contributed by atoms with Crippen molar-refractivity contribution < 1.29 is 14.3 Å². The molecule has 0 spiro atoms. The first-order valence-corrected chi connectivity index (χ1v) is 15.8. The second-order valence-corrected chi connectivity index (χ2v) is 11.8. The van der Waals surface area contributed by atoms with E-state index in [1.54, 1.807) is 0 Å². The molecule has 2 fully saturated rings. The molecule has 0 aromatic heterocycles. The zero-order chi connectivity index (χ0) is 29.3. The molecule has 0 aliphatic carbocycles. The minimum atomic E-state index is -0.341. The fourth-order valence-corrected chi connectivity index (χ4v) is 6.29. The van der Waals surface area contributed by atoms with Crippen LogP contribution in [0.3, 0.4) is 0 Å². The lowest BCUT2D eigenvalue weighted by atomic mass is 9.88. The summed E-state index contributed by atoms with van der Waals surface area (Å²) in [7, 11) is 0. The molecule has 9 nitrogen and oxygen atoms in total. The number of carbonyl (C=O) groups excluding carboxylic acids is 1. The number of likely N-dealkylation sites (tertiary alicyclic amines) is 1. The number of rotatable bonds is 12. The molecule has 3 aliphatic rings. The third-order valence-corrected chi connectivity index (χ3v) is 8.62. The van der Waals surface area contributed by atoms with Gasteiger partial charge in [0, 0.05) is 42.0 Å². The average Bonchev–Trinajstić information content (AvgIpc) is 3.52. The van der Waals surface area contributed by atoms with Crippen molar-refractivity contribution in [3.05, 3.63) is 40.9 Å². The van der Waals surface area contributed by atoms with Crippen LogP contribution in [-0.4, -0.2) is 62.8 Å². The van der Waals surface area contributed by atoms with Gasteiger partial charge < -0.3 is 35.6 Å². The average molecular weight is 595 g/mol. The first-order chi connectivity index (χ1) is 20.5. The van der Waals surface area contributed by atoms with Crippen molar-refractivity contribution in [3.8, 4) is 17.6 Å². The molecule has 3 aliphatic heterocycles. The number of nitrogens with one attached hydrogen (secondary N) is 4. The van der Waals surface area contributed by atoms with Crippen molar-refractivity contribution >= 4 is 34.6 Å². The van der Waals surface area contributed by atoms with Crippen LogP contribution in [0, 0.1) is 17.2 Å². The van der Waals surface area contributed by atoms with Crippen LogP contribution < -0.4 is 30.7 Å². The van der Waals surface area contributed by atoms with Crippen molar-refractivity contribution in [2.45, 2.75) is 64.0 Å². The third kappa shape index (κ3) is 7.80. The molecule has 226 valence electrons. The number of hydrogen-bond donors (Lipinski definition) is 4. The van der Waals surface area contributed by atoms with Crippen molar-refractivity contribution in [2.24, 2.45) is 5.92 Å². The minimum absolute atomic E-state index is 0.0361. The zero-order valence-corrected chi connectivity index (χ0v) is 25.3. The molecule has 10 heteroatoms. The molecule has 1 amide bonds. The Hall–Kier alpha value is -3.19. The van der Waals surface area contributed by atoms with Crippen LogP contribution in [0.1, 0.15) is 63.5 Å². The van der Waals surface area contributed by atoms with Crippen LogP contribution in [0.2, 0.25) is 5.02 Å². The largest absolute Gasteiger partial charge is 0.492 e. The first kappa shape index (κ1) is 30.3. The summed E-state index contributed by atoms with van der Waals surface area (Å²) in [5, 5.41) is 24.0. The van der Waals surface area contributed by atoms with Crippen LogP contribution in [0.5, 0.6) is 11.5 Å². The Labute approximate surface area is 254 Å². The molecule has 42 heavy (non-hydrogen) atoms. The molecule has 0 bridgehead atoms. The van der Waals surface area contributed by atoms with E-state index >= 15 is 0 Å². The normalized spacial score (nSPS) is 22.0. The molecular formula is C32H43ClN6O3. The van der Waals surface area contributed by atoms with E-state index in [4.69, 9.17) is 21.1 Å². The fourth-order valence-electron chi connectivity index (χ4n) is 6.06. The summed E-state index contributed by atoms with van der Waals surface area (Å²) in [5.74, 6) is 0.883. The number of carbonyl (C=O) groups is 1. The number of nitriles is 1. The summed E-state index contributed by atoms with van der Waals surface area (Å²) in [4.78, 5) is 15.3. The minimum Gasteiger partial charge on any atom is -0.492 e. The van der Waals surface area contributed by atoms with Gasteiger partial charge in [0.1, 0.15) is 18.1 Å². The lowest BCUT2D eigenvalue weighted by Gasteiger charge is -2.33. The van der Waals surface area contributed by atoms with E-state index in [1.165, 1.54) is 25.7 Å². The third-order valence-electron chi connectivity index (χ3n) is 8.32.